The second-order valence-corrected chi connectivity index (χ2v) is 15.5. The fraction of sp³-hybridized carbons (Fsp3) is 0.0182. The third-order valence-electron chi connectivity index (χ3n) is 12.8. The Balaban J connectivity index is 1.20. The van der Waals surface area contributed by atoms with Gasteiger partial charge < -0.3 is 4.42 Å². The molecule has 0 N–H and O–H groups in total. The fourth-order valence-corrected chi connectivity index (χ4v) is 10.6. The lowest BCUT2D eigenvalue weighted by atomic mass is 9.69. The van der Waals surface area contributed by atoms with E-state index in [-0.39, 0.29) is 0 Å². The molecule has 1 spiro atoms. The molecule has 1 nitrogen and oxygen atoms in total. The largest absolute Gasteiger partial charge is 0.456 e. The lowest BCUT2D eigenvalue weighted by Gasteiger charge is -2.32. The van der Waals surface area contributed by atoms with Crippen LogP contribution in [0, 0.1) is 0 Å². The Morgan fingerprint density at radius 2 is 0.911 bits per heavy atom. The Kier molecular flexibility index (Phi) is 5.89. The summed E-state index contributed by atoms with van der Waals surface area (Å²) in [5.74, 6) is 0. The van der Waals surface area contributed by atoms with E-state index in [1.807, 2.05) is 0 Å². The highest BCUT2D eigenvalue weighted by molar-refractivity contribution is 6.17. The van der Waals surface area contributed by atoms with Crippen LogP contribution in [-0.2, 0) is 5.41 Å². The Labute approximate surface area is 323 Å². The van der Waals surface area contributed by atoms with Gasteiger partial charge in [-0.2, -0.15) is 0 Å². The summed E-state index contributed by atoms with van der Waals surface area (Å²) in [6, 6.07) is 72.2. The molecule has 0 saturated carbocycles. The van der Waals surface area contributed by atoms with Crippen molar-refractivity contribution in [3.05, 3.63) is 216 Å². The number of benzene rings is 10. The molecule has 56 heavy (non-hydrogen) atoms. The molecular weight excluding hydrogens is 677 g/mol. The highest BCUT2D eigenvalue weighted by Crippen LogP contribution is 2.65. The first kappa shape index (κ1) is 30.1. The minimum absolute atomic E-state index is 0.496. The maximum Gasteiger partial charge on any atom is 0.136 e. The van der Waals surface area contributed by atoms with Crippen LogP contribution < -0.4 is 0 Å². The van der Waals surface area contributed by atoms with Gasteiger partial charge in [0.2, 0.25) is 0 Å². The Bertz CT molecular complexity index is 3440. The van der Waals surface area contributed by atoms with Crippen molar-refractivity contribution < 1.29 is 4.42 Å². The van der Waals surface area contributed by atoms with Gasteiger partial charge in [0.15, 0.2) is 0 Å². The van der Waals surface area contributed by atoms with Gasteiger partial charge in [-0.15, -0.1) is 0 Å². The van der Waals surface area contributed by atoms with E-state index in [0.29, 0.717) is 0 Å². The summed E-state index contributed by atoms with van der Waals surface area (Å²) in [7, 11) is 0. The summed E-state index contributed by atoms with van der Waals surface area (Å²) >= 11 is 0. The SMILES string of the molecule is c1ccc2c(c1)-c1ccccc1C21c2ccccc2-c2c(-c3cccc4ccccc34)cc3ccc(-c4cccc5oc6cc7ccccc7cc6c45)cc3c21. The second-order valence-electron chi connectivity index (χ2n) is 15.5. The fourth-order valence-electron chi connectivity index (χ4n) is 10.6. The van der Waals surface area contributed by atoms with Crippen LogP contribution in [0.3, 0.4) is 0 Å². The smallest absolute Gasteiger partial charge is 0.136 e. The summed E-state index contributed by atoms with van der Waals surface area (Å²) in [6.07, 6.45) is 0. The van der Waals surface area contributed by atoms with Crippen molar-refractivity contribution in [1.82, 2.24) is 0 Å². The van der Waals surface area contributed by atoms with Gasteiger partial charge in [0, 0.05) is 10.8 Å². The lowest BCUT2D eigenvalue weighted by molar-refractivity contribution is 0.669. The van der Waals surface area contributed by atoms with Crippen molar-refractivity contribution >= 4 is 54.3 Å². The van der Waals surface area contributed by atoms with Gasteiger partial charge in [-0.1, -0.05) is 164 Å². The summed E-state index contributed by atoms with van der Waals surface area (Å²) in [4.78, 5) is 0. The van der Waals surface area contributed by atoms with Crippen molar-refractivity contribution in [3.8, 4) is 44.5 Å². The molecule has 1 aromatic heterocycles. The van der Waals surface area contributed by atoms with E-state index in [0.717, 1.165) is 21.9 Å². The first-order valence-corrected chi connectivity index (χ1v) is 19.5. The highest BCUT2D eigenvalue weighted by Gasteiger charge is 2.53. The predicted molar refractivity (Wildman–Crippen MR) is 233 cm³/mol. The van der Waals surface area contributed by atoms with Crippen LogP contribution in [0.25, 0.3) is 98.8 Å². The molecule has 258 valence electrons. The molecule has 0 saturated heterocycles. The van der Waals surface area contributed by atoms with Gasteiger partial charge in [-0.25, -0.2) is 0 Å². The van der Waals surface area contributed by atoms with Crippen LogP contribution in [0.5, 0.6) is 0 Å². The zero-order chi connectivity index (χ0) is 36.5. The monoisotopic (exact) mass is 708 g/mol. The first-order chi connectivity index (χ1) is 27.8. The molecule has 11 aromatic rings. The molecule has 0 radical (unpaired) electrons. The number of hydrogen-bond acceptors (Lipinski definition) is 1. The molecule has 1 heterocycles. The van der Waals surface area contributed by atoms with Crippen LogP contribution in [0.4, 0.5) is 0 Å². The molecule has 0 atom stereocenters. The maximum atomic E-state index is 6.58. The van der Waals surface area contributed by atoms with Gasteiger partial charge in [-0.05, 0) is 129 Å². The molecule has 1 heteroatoms. The molecule has 10 aromatic carbocycles. The quantitative estimate of drug-likeness (QED) is 0.174. The van der Waals surface area contributed by atoms with Gasteiger partial charge in [0.05, 0.1) is 5.41 Å². The van der Waals surface area contributed by atoms with Crippen LogP contribution in [-0.4, -0.2) is 0 Å². The van der Waals surface area contributed by atoms with Crippen molar-refractivity contribution in [1.29, 1.82) is 0 Å². The standard InChI is InChI=1S/C55H32O/c1-2-15-35-32-51-46(29-34(35)14-1)52-39(21-12-26-50(52)56-51)36-27-28-37-31-45(40-22-11-16-33-13-3-4-17-38(33)40)53-43-20-7-10-25-49(43)55(54(53)44(37)30-36)47-23-8-5-18-41(47)42-19-6-9-24-48(42)55/h1-32H. The van der Waals surface area contributed by atoms with E-state index in [1.54, 1.807) is 0 Å². The third kappa shape index (κ3) is 3.79. The van der Waals surface area contributed by atoms with Gasteiger partial charge in [-0.3, -0.25) is 0 Å². The van der Waals surface area contributed by atoms with Gasteiger partial charge in [0.1, 0.15) is 11.2 Å². The molecule has 2 aliphatic carbocycles. The molecular formula is C55H32O. The molecule has 0 bridgehead atoms. The highest BCUT2D eigenvalue weighted by atomic mass is 16.3. The van der Waals surface area contributed by atoms with E-state index in [4.69, 9.17) is 4.42 Å². The molecule has 0 aliphatic heterocycles. The summed E-state index contributed by atoms with van der Waals surface area (Å²) in [6.45, 7) is 0. The summed E-state index contributed by atoms with van der Waals surface area (Å²) in [5, 5.41) is 9.74. The number of hydrogen-bond donors (Lipinski definition) is 0. The van der Waals surface area contributed by atoms with Crippen LogP contribution in [0.2, 0.25) is 0 Å². The second kappa shape index (κ2) is 10.9. The minimum Gasteiger partial charge on any atom is -0.456 e. The number of furan rings is 1. The van der Waals surface area contributed by atoms with Crippen molar-refractivity contribution in [2.24, 2.45) is 0 Å². The average molecular weight is 709 g/mol. The lowest BCUT2D eigenvalue weighted by Crippen LogP contribution is -2.26. The van der Waals surface area contributed by atoms with Crippen LogP contribution in [0.1, 0.15) is 22.3 Å². The number of rotatable bonds is 2. The zero-order valence-corrected chi connectivity index (χ0v) is 30.4. The molecule has 0 unspecified atom stereocenters. The van der Waals surface area contributed by atoms with Crippen LogP contribution in [0.15, 0.2) is 199 Å². The normalized spacial score (nSPS) is 13.5. The Hall–Kier alpha value is -7.22. The van der Waals surface area contributed by atoms with Crippen molar-refractivity contribution in [3.63, 3.8) is 0 Å². The van der Waals surface area contributed by atoms with Crippen LogP contribution >= 0.6 is 0 Å². The predicted octanol–water partition coefficient (Wildman–Crippen LogP) is 14.7. The summed E-state index contributed by atoms with van der Waals surface area (Å²) < 4.78 is 6.58. The van der Waals surface area contributed by atoms with E-state index >= 15 is 0 Å². The van der Waals surface area contributed by atoms with Gasteiger partial charge in [0.25, 0.3) is 0 Å². The maximum absolute atomic E-state index is 6.58. The minimum atomic E-state index is -0.496. The van der Waals surface area contributed by atoms with E-state index in [1.165, 1.54) is 99.1 Å². The molecule has 13 rings (SSSR count). The Morgan fingerprint density at radius 3 is 1.70 bits per heavy atom. The van der Waals surface area contributed by atoms with E-state index in [2.05, 4.69) is 194 Å². The van der Waals surface area contributed by atoms with E-state index < -0.39 is 5.41 Å². The zero-order valence-electron chi connectivity index (χ0n) is 30.4. The molecule has 0 fully saturated rings. The van der Waals surface area contributed by atoms with E-state index in [9.17, 15) is 0 Å². The first-order valence-electron chi connectivity index (χ1n) is 19.5. The van der Waals surface area contributed by atoms with Crippen molar-refractivity contribution in [2.75, 3.05) is 0 Å². The third-order valence-corrected chi connectivity index (χ3v) is 12.8. The molecule has 0 amide bonds. The van der Waals surface area contributed by atoms with Gasteiger partial charge >= 0.3 is 0 Å². The summed E-state index contributed by atoms with van der Waals surface area (Å²) in [5.41, 5.74) is 16.9. The number of fused-ring (bicyclic) bond motifs is 17. The van der Waals surface area contributed by atoms with Crippen molar-refractivity contribution in [2.45, 2.75) is 5.41 Å². The Morgan fingerprint density at radius 1 is 0.321 bits per heavy atom. The molecule has 2 aliphatic rings. The topological polar surface area (TPSA) is 13.1 Å². The average Bonchev–Trinajstić information content (AvgIpc) is 3.89.